The van der Waals surface area contributed by atoms with E-state index in [1.807, 2.05) is 48.5 Å². The number of nitrogens with zero attached hydrogens (tertiary/aromatic N) is 4. The van der Waals surface area contributed by atoms with Gasteiger partial charge in [-0.2, -0.15) is 0 Å². The summed E-state index contributed by atoms with van der Waals surface area (Å²) in [5.41, 5.74) is 1.83. The van der Waals surface area contributed by atoms with Crippen molar-refractivity contribution in [2.45, 2.75) is 47.6 Å². The SMILES string of the molecule is CCCCCc1nnc(SCC(=O)N2c3ccccc3Sc3ccccc32)n1N. The summed E-state index contributed by atoms with van der Waals surface area (Å²) in [5, 5.41) is 8.93. The Balaban J connectivity index is 1.51. The van der Waals surface area contributed by atoms with Gasteiger partial charge in [-0.15, -0.1) is 10.2 Å². The number of unbranched alkanes of at least 4 members (excludes halogenated alkanes) is 2. The molecule has 3 aromatic rings. The largest absolute Gasteiger partial charge is 0.336 e. The minimum atomic E-state index is -0.00858. The van der Waals surface area contributed by atoms with Gasteiger partial charge in [0.05, 0.1) is 17.1 Å². The van der Waals surface area contributed by atoms with Gasteiger partial charge in [0, 0.05) is 16.2 Å². The Labute approximate surface area is 178 Å². The van der Waals surface area contributed by atoms with Crippen LogP contribution in [0, 0.1) is 0 Å². The highest BCUT2D eigenvalue weighted by Gasteiger charge is 2.28. The number of carbonyl (C=O) groups excluding carboxylic acids is 1. The van der Waals surface area contributed by atoms with Crippen molar-refractivity contribution in [1.82, 2.24) is 14.9 Å². The summed E-state index contributed by atoms with van der Waals surface area (Å²) >= 11 is 3.01. The van der Waals surface area contributed by atoms with Gasteiger partial charge < -0.3 is 5.84 Å². The Bertz CT molecular complexity index is 974. The lowest BCUT2D eigenvalue weighted by Gasteiger charge is -2.30. The molecule has 0 saturated carbocycles. The number of aryl methyl sites for hydroxylation is 1. The van der Waals surface area contributed by atoms with Crippen LogP contribution in [0.5, 0.6) is 0 Å². The van der Waals surface area contributed by atoms with Crippen LogP contribution in [0.1, 0.15) is 32.0 Å². The molecule has 6 nitrogen and oxygen atoms in total. The van der Waals surface area contributed by atoms with Crippen LogP contribution in [-0.4, -0.2) is 26.5 Å². The highest BCUT2D eigenvalue weighted by atomic mass is 32.2. The van der Waals surface area contributed by atoms with Gasteiger partial charge >= 0.3 is 0 Å². The lowest BCUT2D eigenvalue weighted by Crippen LogP contribution is -2.30. The van der Waals surface area contributed by atoms with E-state index in [0.717, 1.165) is 52.7 Å². The molecular formula is C21H23N5OS2. The molecule has 1 aliphatic rings. The summed E-state index contributed by atoms with van der Waals surface area (Å²) < 4.78 is 1.52. The standard InChI is InChI=1S/C21H23N5OS2/c1-2-3-4-13-19-23-24-21(26(19)22)28-14-20(27)25-15-9-5-7-11-17(15)29-18-12-8-6-10-16(18)25/h5-12H,2-4,13-14,22H2,1H3. The van der Waals surface area contributed by atoms with E-state index in [1.165, 1.54) is 16.4 Å². The molecule has 0 saturated heterocycles. The quantitative estimate of drug-likeness (QED) is 0.337. The van der Waals surface area contributed by atoms with Crippen LogP contribution in [0.15, 0.2) is 63.5 Å². The number of anilines is 2. The van der Waals surface area contributed by atoms with E-state index < -0.39 is 0 Å². The maximum absolute atomic E-state index is 13.2. The predicted octanol–water partition coefficient (Wildman–Crippen LogP) is 4.65. The van der Waals surface area contributed by atoms with Crippen molar-refractivity contribution in [3.63, 3.8) is 0 Å². The van der Waals surface area contributed by atoms with E-state index in [2.05, 4.69) is 17.1 Å². The Kier molecular flexibility index (Phi) is 6.10. The first kappa shape index (κ1) is 19.8. The second kappa shape index (κ2) is 8.92. The van der Waals surface area contributed by atoms with Crippen molar-refractivity contribution in [2.75, 3.05) is 16.5 Å². The van der Waals surface area contributed by atoms with Gasteiger partial charge in [-0.1, -0.05) is 67.6 Å². The van der Waals surface area contributed by atoms with Crippen molar-refractivity contribution in [3.05, 3.63) is 54.4 Å². The zero-order valence-corrected chi connectivity index (χ0v) is 17.9. The van der Waals surface area contributed by atoms with Gasteiger partial charge in [0.1, 0.15) is 0 Å². The molecule has 1 aliphatic heterocycles. The first-order valence-electron chi connectivity index (χ1n) is 9.70. The minimum Gasteiger partial charge on any atom is -0.336 e. The predicted molar refractivity (Wildman–Crippen MR) is 118 cm³/mol. The molecule has 2 N–H and O–H groups in total. The molecule has 0 atom stereocenters. The smallest absolute Gasteiger partial charge is 0.242 e. The fourth-order valence-corrected chi connectivity index (χ4v) is 5.06. The number of benzene rings is 2. The monoisotopic (exact) mass is 425 g/mol. The highest BCUT2D eigenvalue weighted by Crippen LogP contribution is 2.48. The van der Waals surface area contributed by atoms with Crippen LogP contribution in [0.2, 0.25) is 0 Å². The number of para-hydroxylation sites is 2. The number of amides is 1. The summed E-state index contributed by atoms with van der Waals surface area (Å²) in [6.45, 7) is 2.16. The van der Waals surface area contributed by atoms with Gasteiger partial charge in [0.2, 0.25) is 11.1 Å². The third-order valence-corrected chi connectivity index (χ3v) is 6.80. The van der Waals surface area contributed by atoms with Gasteiger partial charge in [-0.05, 0) is 30.7 Å². The maximum atomic E-state index is 13.2. The number of carbonyl (C=O) groups is 1. The third kappa shape index (κ3) is 4.13. The molecule has 0 spiro atoms. The molecule has 0 radical (unpaired) electrons. The first-order valence-corrected chi connectivity index (χ1v) is 11.5. The molecule has 2 aromatic carbocycles. The summed E-state index contributed by atoms with van der Waals surface area (Å²) in [7, 11) is 0. The summed E-state index contributed by atoms with van der Waals surface area (Å²) in [6.07, 6.45) is 4.12. The van der Waals surface area contributed by atoms with Gasteiger partial charge in [-0.3, -0.25) is 9.69 Å². The molecule has 1 aromatic heterocycles. The van der Waals surface area contributed by atoms with E-state index in [1.54, 1.807) is 16.7 Å². The third-order valence-electron chi connectivity index (χ3n) is 4.75. The Morgan fingerprint density at radius 2 is 1.69 bits per heavy atom. The van der Waals surface area contributed by atoms with Gasteiger partial charge in [0.25, 0.3) is 0 Å². The van der Waals surface area contributed by atoms with Crippen LogP contribution >= 0.6 is 23.5 Å². The number of aromatic nitrogens is 3. The van der Waals surface area contributed by atoms with E-state index in [9.17, 15) is 4.79 Å². The average Bonchev–Trinajstić information content (AvgIpc) is 3.10. The zero-order valence-electron chi connectivity index (χ0n) is 16.2. The van der Waals surface area contributed by atoms with E-state index in [-0.39, 0.29) is 11.7 Å². The number of fused-ring (bicyclic) bond motifs is 2. The van der Waals surface area contributed by atoms with Crippen LogP contribution in [0.3, 0.4) is 0 Å². The summed E-state index contributed by atoms with van der Waals surface area (Å²) in [4.78, 5) is 17.2. The van der Waals surface area contributed by atoms with Crippen molar-refractivity contribution >= 4 is 40.8 Å². The van der Waals surface area contributed by atoms with Crippen LogP contribution in [0.4, 0.5) is 11.4 Å². The van der Waals surface area contributed by atoms with Crippen molar-refractivity contribution in [2.24, 2.45) is 0 Å². The van der Waals surface area contributed by atoms with Crippen LogP contribution in [-0.2, 0) is 11.2 Å². The normalized spacial score (nSPS) is 12.5. The fourth-order valence-electron chi connectivity index (χ4n) is 3.27. The molecule has 0 unspecified atom stereocenters. The molecular weight excluding hydrogens is 402 g/mol. The van der Waals surface area contributed by atoms with E-state index in [4.69, 9.17) is 5.84 Å². The number of thioether (sulfide) groups is 1. The van der Waals surface area contributed by atoms with Gasteiger partial charge in [-0.25, -0.2) is 4.68 Å². The summed E-state index contributed by atoms with van der Waals surface area (Å²) in [6, 6.07) is 16.0. The number of hydrogen-bond acceptors (Lipinski definition) is 6. The van der Waals surface area contributed by atoms with Gasteiger partial charge in [0.15, 0.2) is 5.82 Å². The molecule has 0 bridgehead atoms. The number of nitrogen functional groups attached to an aromatic ring is 1. The molecule has 29 heavy (non-hydrogen) atoms. The minimum absolute atomic E-state index is 0.00858. The number of hydrogen-bond donors (Lipinski definition) is 1. The number of rotatable bonds is 7. The first-order chi connectivity index (χ1) is 14.2. The molecule has 8 heteroatoms. The molecule has 1 amide bonds. The molecule has 4 rings (SSSR count). The Morgan fingerprint density at radius 1 is 1.03 bits per heavy atom. The van der Waals surface area contributed by atoms with Crippen LogP contribution < -0.4 is 10.7 Å². The second-order valence-corrected chi connectivity index (χ2v) is 8.81. The maximum Gasteiger partial charge on any atom is 0.242 e. The van der Waals surface area contributed by atoms with Crippen molar-refractivity contribution in [1.29, 1.82) is 0 Å². The zero-order chi connectivity index (χ0) is 20.2. The molecule has 150 valence electrons. The average molecular weight is 426 g/mol. The lowest BCUT2D eigenvalue weighted by atomic mass is 10.2. The number of nitrogens with two attached hydrogens (primary N) is 1. The molecule has 2 heterocycles. The second-order valence-electron chi connectivity index (χ2n) is 6.78. The van der Waals surface area contributed by atoms with Crippen LogP contribution in [0.25, 0.3) is 0 Å². The van der Waals surface area contributed by atoms with Crippen molar-refractivity contribution in [3.8, 4) is 0 Å². The summed E-state index contributed by atoms with van der Waals surface area (Å²) in [5.74, 6) is 7.13. The molecule has 0 aliphatic carbocycles. The van der Waals surface area contributed by atoms with Crippen molar-refractivity contribution < 1.29 is 4.79 Å². The Hall–Kier alpha value is -2.45. The van der Waals surface area contributed by atoms with E-state index >= 15 is 0 Å². The molecule has 0 fully saturated rings. The Morgan fingerprint density at radius 3 is 2.34 bits per heavy atom. The topological polar surface area (TPSA) is 77.0 Å². The lowest BCUT2D eigenvalue weighted by molar-refractivity contribution is -0.115. The van der Waals surface area contributed by atoms with E-state index in [0.29, 0.717) is 5.16 Å². The highest BCUT2D eigenvalue weighted by molar-refractivity contribution is 8.00. The fraction of sp³-hybridized carbons (Fsp3) is 0.286.